The molecule has 26 heavy (non-hydrogen) atoms. The molecule has 0 radical (unpaired) electrons. The first-order chi connectivity index (χ1) is 12.4. The molecule has 2 aromatic rings. The Bertz CT molecular complexity index is 862. The lowest BCUT2D eigenvalue weighted by molar-refractivity contribution is -0.385. The zero-order valence-electron chi connectivity index (χ0n) is 14.2. The van der Waals surface area contributed by atoms with E-state index in [2.05, 4.69) is 4.74 Å². The molecule has 9 heteroatoms. The van der Waals surface area contributed by atoms with E-state index in [1.807, 2.05) is 0 Å². The third-order valence-corrected chi connectivity index (χ3v) is 3.40. The Morgan fingerprint density at radius 3 is 1.96 bits per heavy atom. The molecule has 0 heterocycles. The summed E-state index contributed by atoms with van der Waals surface area (Å²) in [4.78, 5) is 34.2. The zero-order chi connectivity index (χ0) is 19.3. The Morgan fingerprint density at radius 1 is 0.846 bits per heavy atom. The molecule has 0 unspecified atom stereocenters. The summed E-state index contributed by atoms with van der Waals surface area (Å²) in [5, 5.41) is 11.1. The van der Waals surface area contributed by atoms with Gasteiger partial charge in [-0.15, -0.1) is 0 Å². The Morgan fingerprint density at radius 2 is 1.42 bits per heavy atom. The minimum absolute atomic E-state index is 0.0200. The molecule has 0 spiro atoms. The molecule has 0 bridgehead atoms. The van der Waals surface area contributed by atoms with Gasteiger partial charge in [-0.1, -0.05) is 0 Å². The highest BCUT2D eigenvalue weighted by atomic mass is 16.6. The van der Waals surface area contributed by atoms with Gasteiger partial charge in [-0.2, -0.15) is 0 Å². The van der Waals surface area contributed by atoms with Crippen LogP contribution < -0.4 is 14.2 Å². The second kappa shape index (κ2) is 7.97. The van der Waals surface area contributed by atoms with Crippen LogP contribution >= 0.6 is 0 Å². The smallest absolute Gasteiger partial charge is 0.343 e. The quantitative estimate of drug-likeness (QED) is 0.334. The molecule has 0 aromatic heterocycles. The van der Waals surface area contributed by atoms with Crippen LogP contribution in [0.25, 0.3) is 0 Å². The molecule has 0 fully saturated rings. The van der Waals surface area contributed by atoms with Gasteiger partial charge < -0.3 is 18.9 Å². The fourth-order valence-electron chi connectivity index (χ4n) is 2.12. The van der Waals surface area contributed by atoms with Crippen LogP contribution in [0.5, 0.6) is 17.2 Å². The van der Waals surface area contributed by atoms with Gasteiger partial charge in [0.2, 0.25) is 0 Å². The maximum absolute atomic E-state index is 12.3. The van der Waals surface area contributed by atoms with Crippen LogP contribution in [0.4, 0.5) is 5.69 Å². The van der Waals surface area contributed by atoms with Crippen molar-refractivity contribution in [2.75, 3.05) is 21.3 Å². The molecule has 2 aromatic carbocycles. The van der Waals surface area contributed by atoms with Crippen LogP contribution in [0.2, 0.25) is 0 Å². The van der Waals surface area contributed by atoms with Gasteiger partial charge in [0.05, 0.1) is 37.4 Å². The molecule has 0 saturated heterocycles. The number of benzene rings is 2. The number of nitrogens with zero attached hydrogens (tertiary/aromatic N) is 1. The van der Waals surface area contributed by atoms with Crippen molar-refractivity contribution < 1.29 is 33.5 Å². The predicted octanol–water partition coefficient (Wildman–Crippen LogP) is 2.62. The van der Waals surface area contributed by atoms with Crippen molar-refractivity contribution in [2.45, 2.75) is 0 Å². The summed E-state index contributed by atoms with van der Waals surface area (Å²) in [5.41, 5.74) is -0.198. The Balaban J connectivity index is 2.31. The van der Waals surface area contributed by atoms with Crippen molar-refractivity contribution in [3.05, 3.63) is 57.6 Å². The standard InChI is InChI=1S/C17H15NO8/c1-23-13-6-4-10(8-12(13)18(21)22)17(20)26-14-7-5-11(16(19)25-3)9-15(14)24-2/h4-9H,1-3H3. The summed E-state index contributed by atoms with van der Waals surface area (Å²) in [7, 11) is 3.86. The summed E-state index contributed by atoms with van der Waals surface area (Å²) >= 11 is 0. The van der Waals surface area contributed by atoms with Gasteiger partial charge in [0.15, 0.2) is 17.2 Å². The number of ether oxygens (including phenoxy) is 4. The van der Waals surface area contributed by atoms with Gasteiger partial charge in [-0.05, 0) is 30.3 Å². The molecule has 0 amide bonds. The van der Waals surface area contributed by atoms with Crippen LogP contribution in [-0.2, 0) is 4.74 Å². The topological polar surface area (TPSA) is 114 Å². The molecule has 2 rings (SSSR count). The van der Waals surface area contributed by atoms with Crippen LogP contribution in [0.3, 0.4) is 0 Å². The number of hydrogen-bond donors (Lipinski definition) is 0. The van der Waals surface area contributed by atoms with Crippen LogP contribution in [-0.4, -0.2) is 38.2 Å². The number of nitro groups is 1. The molecule has 0 atom stereocenters. The molecule has 9 nitrogen and oxygen atoms in total. The third-order valence-electron chi connectivity index (χ3n) is 3.40. The highest BCUT2D eigenvalue weighted by Crippen LogP contribution is 2.31. The van der Waals surface area contributed by atoms with Crippen molar-refractivity contribution >= 4 is 17.6 Å². The molecule has 136 valence electrons. The van der Waals surface area contributed by atoms with Gasteiger partial charge in [0, 0.05) is 6.07 Å². The summed E-state index contributed by atoms with van der Waals surface area (Å²) in [6.45, 7) is 0. The lowest BCUT2D eigenvalue weighted by Gasteiger charge is -2.11. The largest absolute Gasteiger partial charge is 0.493 e. The lowest BCUT2D eigenvalue weighted by Crippen LogP contribution is -2.10. The van der Waals surface area contributed by atoms with Crippen LogP contribution in [0.15, 0.2) is 36.4 Å². The molecular weight excluding hydrogens is 346 g/mol. The zero-order valence-corrected chi connectivity index (χ0v) is 14.2. The fourth-order valence-corrected chi connectivity index (χ4v) is 2.12. The van der Waals surface area contributed by atoms with E-state index in [1.54, 1.807) is 0 Å². The summed E-state index contributed by atoms with van der Waals surface area (Å²) in [5.74, 6) is -1.22. The molecule has 0 saturated carbocycles. The normalized spacial score (nSPS) is 9.96. The van der Waals surface area contributed by atoms with Gasteiger partial charge in [-0.25, -0.2) is 9.59 Å². The minimum atomic E-state index is -0.833. The first kappa shape index (κ1) is 18.7. The SMILES string of the molecule is COC(=O)c1ccc(OC(=O)c2ccc(OC)c([N+](=O)[O-])c2)c(OC)c1. The monoisotopic (exact) mass is 361 g/mol. The number of rotatable bonds is 6. The van der Waals surface area contributed by atoms with E-state index < -0.39 is 16.9 Å². The van der Waals surface area contributed by atoms with E-state index in [0.29, 0.717) is 0 Å². The molecular formula is C17H15NO8. The van der Waals surface area contributed by atoms with Gasteiger partial charge in [0.25, 0.3) is 0 Å². The number of esters is 2. The van der Waals surface area contributed by atoms with E-state index in [9.17, 15) is 19.7 Å². The third kappa shape index (κ3) is 3.89. The Hall–Kier alpha value is -3.62. The van der Waals surface area contributed by atoms with Gasteiger partial charge >= 0.3 is 17.6 Å². The van der Waals surface area contributed by atoms with E-state index >= 15 is 0 Å². The van der Waals surface area contributed by atoms with Crippen molar-refractivity contribution in [1.29, 1.82) is 0 Å². The second-order valence-corrected chi connectivity index (χ2v) is 4.89. The maximum Gasteiger partial charge on any atom is 0.343 e. The number of methoxy groups -OCH3 is 3. The first-order valence-corrected chi connectivity index (χ1v) is 7.22. The summed E-state index contributed by atoms with van der Waals surface area (Å²) < 4.78 is 19.8. The van der Waals surface area contributed by atoms with Crippen LogP contribution in [0.1, 0.15) is 20.7 Å². The molecule has 0 aliphatic rings. The van der Waals surface area contributed by atoms with E-state index in [4.69, 9.17) is 14.2 Å². The van der Waals surface area contributed by atoms with Crippen molar-refractivity contribution in [2.24, 2.45) is 0 Å². The Kier molecular flexibility index (Phi) is 5.74. The number of carbonyl (C=O) groups is 2. The molecule has 0 aliphatic carbocycles. The second-order valence-electron chi connectivity index (χ2n) is 4.89. The number of nitro benzene ring substituents is 1. The van der Waals surface area contributed by atoms with Gasteiger partial charge in [0.1, 0.15) is 0 Å². The molecule has 0 aliphatic heterocycles. The van der Waals surface area contributed by atoms with Crippen molar-refractivity contribution in [1.82, 2.24) is 0 Å². The van der Waals surface area contributed by atoms with Crippen molar-refractivity contribution in [3.63, 3.8) is 0 Å². The average molecular weight is 361 g/mol. The van der Waals surface area contributed by atoms with E-state index in [0.717, 1.165) is 6.07 Å². The summed E-state index contributed by atoms with van der Waals surface area (Å²) in [6.07, 6.45) is 0. The highest BCUT2D eigenvalue weighted by Gasteiger charge is 2.21. The number of carbonyl (C=O) groups excluding carboxylic acids is 2. The van der Waals surface area contributed by atoms with E-state index in [-0.39, 0.29) is 34.1 Å². The highest BCUT2D eigenvalue weighted by molar-refractivity contribution is 5.93. The summed E-state index contributed by atoms with van der Waals surface area (Å²) in [6, 6.07) is 7.80. The maximum atomic E-state index is 12.3. The van der Waals surface area contributed by atoms with Gasteiger partial charge in [-0.3, -0.25) is 10.1 Å². The lowest BCUT2D eigenvalue weighted by atomic mass is 10.2. The van der Waals surface area contributed by atoms with Crippen molar-refractivity contribution in [3.8, 4) is 17.2 Å². The number of hydrogen-bond acceptors (Lipinski definition) is 8. The predicted molar refractivity (Wildman–Crippen MR) is 88.9 cm³/mol. The fraction of sp³-hybridized carbons (Fsp3) is 0.176. The first-order valence-electron chi connectivity index (χ1n) is 7.22. The minimum Gasteiger partial charge on any atom is -0.493 e. The average Bonchev–Trinajstić information content (AvgIpc) is 2.66. The van der Waals surface area contributed by atoms with Crippen LogP contribution in [0, 0.1) is 10.1 Å². The van der Waals surface area contributed by atoms with E-state index in [1.165, 1.54) is 51.7 Å². The Labute approximate surface area is 148 Å². The molecule has 0 N–H and O–H groups in total.